The van der Waals surface area contributed by atoms with Gasteiger partial charge in [-0.3, -0.25) is 4.79 Å². The molecule has 140 valence electrons. The van der Waals surface area contributed by atoms with Gasteiger partial charge in [0.05, 0.1) is 11.2 Å². The van der Waals surface area contributed by atoms with Crippen molar-refractivity contribution in [1.82, 2.24) is 14.8 Å². The summed E-state index contributed by atoms with van der Waals surface area (Å²) in [6.45, 7) is 7.90. The van der Waals surface area contributed by atoms with E-state index in [1.54, 1.807) is 31.2 Å². The van der Waals surface area contributed by atoms with Gasteiger partial charge < -0.3 is 9.84 Å². The smallest absolute Gasteiger partial charge is 0.432 e. The fourth-order valence-corrected chi connectivity index (χ4v) is 2.96. The molecule has 0 aliphatic heterocycles. The highest BCUT2D eigenvalue weighted by molar-refractivity contribution is 5.92. The first kappa shape index (κ1) is 18.6. The Labute approximate surface area is 156 Å². The molecule has 0 bridgehead atoms. The average molecular weight is 367 g/mol. The number of aryl methyl sites for hydroxylation is 1. The molecule has 2 heterocycles. The number of nitrogens with zero attached hydrogens (tertiary/aromatic N) is 3. The van der Waals surface area contributed by atoms with E-state index in [-0.39, 0.29) is 17.7 Å². The normalized spacial score (nSPS) is 11.6. The number of pyridine rings is 1. The lowest BCUT2D eigenvalue weighted by Gasteiger charge is -2.17. The third-order valence-electron chi connectivity index (χ3n) is 4.21. The van der Waals surface area contributed by atoms with Crippen LogP contribution < -0.4 is 4.74 Å². The molecular formula is C20H21N3O4. The van der Waals surface area contributed by atoms with Crippen LogP contribution in [0.3, 0.4) is 0 Å². The molecule has 0 aliphatic carbocycles. The SMILES string of the molecule is Cc1ccc(OCc2cccc3c2c(C(C)(C)C)nn3C(=O)O)c(C=O)n1. The van der Waals surface area contributed by atoms with Crippen molar-refractivity contribution >= 4 is 23.3 Å². The van der Waals surface area contributed by atoms with E-state index in [1.165, 1.54) is 0 Å². The summed E-state index contributed by atoms with van der Waals surface area (Å²) in [6, 6.07) is 8.83. The Morgan fingerprint density at radius 1 is 1.26 bits per heavy atom. The summed E-state index contributed by atoms with van der Waals surface area (Å²) >= 11 is 0. The Kier molecular flexibility index (Phi) is 4.70. The Hall–Kier alpha value is -3.22. The van der Waals surface area contributed by atoms with Crippen LogP contribution in [-0.2, 0) is 12.0 Å². The molecule has 0 unspecified atom stereocenters. The molecule has 0 fully saturated rings. The molecule has 3 aromatic rings. The van der Waals surface area contributed by atoms with Gasteiger partial charge >= 0.3 is 6.09 Å². The number of ether oxygens (including phenoxy) is 1. The average Bonchev–Trinajstić information content (AvgIpc) is 3.01. The van der Waals surface area contributed by atoms with Crippen molar-refractivity contribution in [3.8, 4) is 5.75 Å². The fraction of sp³-hybridized carbons (Fsp3) is 0.300. The molecule has 0 aliphatic rings. The van der Waals surface area contributed by atoms with Crippen molar-refractivity contribution in [3.63, 3.8) is 0 Å². The number of benzene rings is 1. The lowest BCUT2D eigenvalue weighted by Crippen LogP contribution is -2.15. The number of hydrogen-bond acceptors (Lipinski definition) is 5. The van der Waals surface area contributed by atoms with Crippen LogP contribution in [0.15, 0.2) is 30.3 Å². The van der Waals surface area contributed by atoms with Gasteiger partial charge in [-0.25, -0.2) is 9.78 Å². The molecule has 2 aromatic heterocycles. The minimum Gasteiger partial charge on any atom is -0.486 e. The van der Waals surface area contributed by atoms with Crippen LogP contribution >= 0.6 is 0 Å². The van der Waals surface area contributed by atoms with Gasteiger partial charge in [0.2, 0.25) is 0 Å². The molecule has 0 amide bonds. The van der Waals surface area contributed by atoms with Gasteiger partial charge in [-0.05, 0) is 25.1 Å². The first-order chi connectivity index (χ1) is 12.7. The number of carbonyl (C=O) groups is 2. The van der Waals surface area contributed by atoms with Crippen LogP contribution in [-0.4, -0.2) is 32.3 Å². The summed E-state index contributed by atoms with van der Waals surface area (Å²) in [5.74, 6) is 0.385. The van der Waals surface area contributed by atoms with Crippen LogP contribution in [0.2, 0.25) is 0 Å². The number of carbonyl (C=O) groups excluding carboxylic acids is 1. The van der Waals surface area contributed by atoms with E-state index in [4.69, 9.17) is 4.74 Å². The quantitative estimate of drug-likeness (QED) is 0.702. The van der Waals surface area contributed by atoms with Crippen LogP contribution in [0.1, 0.15) is 48.2 Å². The molecule has 0 atom stereocenters. The lowest BCUT2D eigenvalue weighted by molar-refractivity contribution is 0.111. The summed E-state index contributed by atoms with van der Waals surface area (Å²) in [5.41, 5.74) is 2.59. The fourth-order valence-electron chi connectivity index (χ4n) is 2.96. The molecule has 1 aromatic carbocycles. The van der Waals surface area contributed by atoms with Crippen LogP contribution in [0.25, 0.3) is 10.9 Å². The summed E-state index contributed by atoms with van der Waals surface area (Å²) in [4.78, 5) is 27.0. The van der Waals surface area contributed by atoms with Crippen molar-refractivity contribution in [2.75, 3.05) is 0 Å². The van der Waals surface area contributed by atoms with Crippen LogP contribution in [0, 0.1) is 6.92 Å². The Morgan fingerprint density at radius 2 is 2.00 bits per heavy atom. The first-order valence-corrected chi connectivity index (χ1v) is 8.52. The van der Waals surface area contributed by atoms with E-state index in [2.05, 4.69) is 10.1 Å². The lowest BCUT2D eigenvalue weighted by atomic mass is 9.88. The van der Waals surface area contributed by atoms with Crippen molar-refractivity contribution < 1.29 is 19.4 Å². The van der Waals surface area contributed by atoms with E-state index in [9.17, 15) is 14.7 Å². The van der Waals surface area contributed by atoms with Crippen LogP contribution in [0.5, 0.6) is 5.75 Å². The molecule has 7 nitrogen and oxygen atoms in total. The number of carboxylic acid groups (broad SMARTS) is 1. The highest BCUT2D eigenvalue weighted by Crippen LogP contribution is 2.32. The van der Waals surface area contributed by atoms with Crippen molar-refractivity contribution in [2.24, 2.45) is 0 Å². The Bertz CT molecular complexity index is 1030. The molecule has 0 saturated heterocycles. The number of fused-ring (bicyclic) bond motifs is 1. The van der Waals surface area contributed by atoms with E-state index in [0.717, 1.165) is 21.3 Å². The predicted molar refractivity (Wildman–Crippen MR) is 101 cm³/mol. The predicted octanol–water partition coefficient (Wildman–Crippen LogP) is 3.95. The maximum absolute atomic E-state index is 11.6. The van der Waals surface area contributed by atoms with Gasteiger partial charge in [-0.15, -0.1) is 0 Å². The largest absolute Gasteiger partial charge is 0.486 e. The summed E-state index contributed by atoms with van der Waals surface area (Å²) < 4.78 is 6.83. The zero-order valence-corrected chi connectivity index (χ0v) is 15.7. The Morgan fingerprint density at radius 3 is 2.63 bits per heavy atom. The molecular weight excluding hydrogens is 346 g/mol. The standard InChI is InChI=1S/C20H21N3O4/c1-12-8-9-16(14(10-24)21-12)27-11-13-6-5-7-15-17(13)18(20(2,3)4)22-23(15)19(25)26/h5-10H,11H2,1-4H3,(H,25,26). The number of hydrogen-bond donors (Lipinski definition) is 1. The zero-order chi connectivity index (χ0) is 19.8. The monoisotopic (exact) mass is 367 g/mol. The second-order valence-electron chi connectivity index (χ2n) is 7.35. The maximum atomic E-state index is 11.6. The number of aromatic nitrogens is 3. The van der Waals surface area contributed by atoms with E-state index in [1.807, 2.05) is 26.8 Å². The number of aldehydes is 1. The van der Waals surface area contributed by atoms with Gasteiger partial charge in [0.25, 0.3) is 0 Å². The van der Waals surface area contributed by atoms with Gasteiger partial charge in [-0.1, -0.05) is 32.9 Å². The molecule has 3 rings (SSSR count). The molecule has 27 heavy (non-hydrogen) atoms. The molecule has 0 saturated carbocycles. The van der Waals surface area contributed by atoms with Gasteiger partial charge in [0.15, 0.2) is 6.29 Å². The van der Waals surface area contributed by atoms with Crippen LogP contribution in [0.4, 0.5) is 4.79 Å². The van der Waals surface area contributed by atoms with Gasteiger partial charge in [-0.2, -0.15) is 9.78 Å². The van der Waals surface area contributed by atoms with Gasteiger partial charge in [0.1, 0.15) is 18.1 Å². The van der Waals surface area contributed by atoms with E-state index >= 15 is 0 Å². The number of rotatable bonds is 4. The molecule has 7 heteroatoms. The van der Waals surface area contributed by atoms with Crippen molar-refractivity contribution in [1.29, 1.82) is 0 Å². The Balaban J connectivity index is 2.07. The van der Waals surface area contributed by atoms with E-state index < -0.39 is 6.09 Å². The molecule has 0 radical (unpaired) electrons. The zero-order valence-electron chi connectivity index (χ0n) is 15.7. The first-order valence-electron chi connectivity index (χ1n) is 8.52. The van der Waals surface area contributed by atoms with E-state index in [0.29, 0.717) is 23.2 Å². The second kappa shape index (κ2) is 6.83. The minimum atomic E-state index is -1.14. The third-order valence-corrected chi connectivity index (χ3v) is 4.21. The minimum absolute atomic E-state index is 0.164. The third kappa shape index (κ3) is 3.53. The summed E-state index contributed by atoms with van der Waals surface area (Å²) in [7, 11) is 0. The van der Waals surface area contributed by atoms with Crippen molar-refractivity contribution in [2.45, 2.75) is 39.7 Å². The molecule has 1 N–H and O–H groups in total. The van der Waals surface area contributed by atoms with Gasteiger partial charge in [0, 0.05) is 22.1 Å². The summed E-state index contributed by atoms with van der Waals surface area (Å²) in [5, 5.41) is 14.5. The highest BCUT2D eigenvalue weighted by Gasteiger charge is 2.26. The highest BCUT2D eigenvalue weighted by atomic mass is 16.5. The second-order valence-corrected chi connectivity index (χ2v) is 7.35. The molecule has 0 spiro atoms. The summed E-state index contributed by atoms with van der Waals surface area (Å²) in [6.07, 6.45) is -0.481. The topological polar surface area (TPSA) is 94.3 Å². The van der Waals surface area contributed by atoms with Crippen molar-refractivity contribution in [3.05, 3.63) is 53.0 Å². The maximum Gasteiger partial charge on any atom is 0.432 e.